The van der Waals surface area contributed by atoms with Crippen LogP contribution in [0.3, 0.4) is 0 Å². The monoisotopic (exact) mass is 205 g/mol. The molecule has 1 atom stereocenters. The average molecular weight is 205 g/mol. The molecule has 80 valence electrons. The van der Waals surface area contributed by atoms with Crippen molar-refractivity contribution in [2.45, 2.75) is 26.4 Å². The molecular weight excluding hydrogens is 190 g/mol. The first-order valence-electron chi connectivity index (χ1n) is 5.03. The molecular formula is C11H15N3O. The number of aromatic amines is 1. The Bertz CT molecular complexity index is 405. The Kier molecular flexibility index (Phi) is 2.87. The van der Waals surface area contributed by atoms with Crippen LogP contribution < -0.4 is 5.32 Å². The van der Waals surface area contributed by atoms with Crippen molar-refractivity contribution in [2.75, 3.05) is 0 Å². The third-order valence-electron chi connectivity index (χ3n) is 2.47. The van der Waals surface area contributed by atoms with E-state index in [0.29, 0.717) is 0 Å². The minimum Gasteiger partial charge on any atom is -0.468 e. The topological polar surface area (TPSA) is 53.9 Å². The van der Waals surface area contributed by atoms with E-state index < -0.39 is 0 Å². The molecule has 0 aliphatic rings. The van der Waals surface area contributed by atoms with Crippen LogP contribution >= 0.6 is 0 Å². The van der Waals surface area contributed by atoms with Gasteiger partial charge in [0.05, 0.1) is 18.8 Å². The molecule has 0 aliphatic carbocycles. The predicted molar refractivity (Wildman–Crippen MR) is 57.3 cm³/mol. The quantitative estimate of drug-likeness (QED) is 0.804. The van der Waals surface area contributed by atoms with Crippen LogP contribution in [0, 0.1) is 6.92 Å². The molecule has 2 rings (SSSR count). The number of hydrogen-bond donors (Lipinski definition) is 2. The van der Waals surface area contributed by atoms with Crippen LogP contribution in [0.1, 0.15) is 30.1 Å². The van der Waals surface area contributed by atoms with Crippen molar-refractivity contribution in [3.63, 3.8) is 0 Å². The van der Waals surface area contributed by atoms with Gasteiger partial charge in [0.2, 0.25) is 0 Å². The summed E-state index contributed by atoms with van der Waals surface area (Å²) in [5.74, 6) is 1.92. The van der Waals surface area contributed by atoms with Gasteiger partial charge in [0.1, 0.15) is 11.6 Å². The van der Waals surface area contributed by atoms with Crippen molar-refractivity contribution in [3.8, 4) is 0 Å². The maximum atomic E-state index is 5.34. The van der Waals surface area contributed by atoms with Gasteiger partial charge in [-0.25, -0.2) is 4.98 Å². The van der Waals surface area contributed by atoms with Crippen LogP contribution in [-0.4, -0.2) is 9.97 Å². The second-order valence-corrected chi connectivity index (χ2v) is 3.60. The summed E-state index contributed by atoms with van der Waals surface area (Å²) in [7, 11) is 0. The van der Waals surface area contributed by atoms with Crippen molar-refractivity contribution in [1.29, 1.82) is 0 Å². The van der Waals surface area contributed by atoms with E-state index in [0.717, 1.165) is 18.1 Å². The van der Waals surface area contributed by atoms with E-state index >= 15 is 0 Å². The number of H-pyrrole nitrogens is 1. The largest absolute Gasteiger partial charge is 0.468 e. The number of hydrogen-bond acceptors (Lipinski definition) is 3. The molecule has 0 amide bonds. The molecule has 4 nitrogen and oxygen atoms in total. The van der Waals surface area contributed by atoms with E-state index in [-0.39, 0.29) is 6.04 Å². The molecule has 0 spiro atoms. The van der Waals surface area contributed by atoms with Crippen LogP contribution in [0.2, 0.25) is 0 Å². The second-order valence-electron chi connectivity index (χ2n) is 3.60. The number of rotatable bonds is 4. The van der Waals surface area contributed by atoms with Crippen molar-refractivity contribution < 1.29 is 4.42 Å². The molecule has 2 aromatic heterocycles. The van der Waals surface area contributed by atoms with Gasteiger partial charge in [0.25, 0.3) is 0 Å². The Morgan fingerprint density at radius 1 is 1.60 bits per heavy atom. The summed E-state index contributed by atoms with van der Waals surface area (Å²) in [6.45, 7) is 4.83. The third kappa shape index (κ3) is 2.27. The highest BCUT2D eigenvalue weighted by Gasteiger charge is 2.08. The van der Waals surface area contributed by atoms with E-state index in [4.69, 9.17) is 4.42 Å². The van der Waals surface area contributed by atoms with Crippen LogP contribution in [0.5, 0.6) is 0 Å². The molecule has 1 unspecified atom stereocenters. The first-order valence-corrected chi connectivity index (χ1v) is 5.03. The summed E-state index contributed by atoms with van der Waals surface area (Å²) in [5, 5.41) is 3.34. The fourth-order valence-corrected chi connectivity index (χ4v) is 1.44. The van der Waals surface area contributed by atoms with Gasteiger partial charge in [-0.05, 0) is 25.5 Å². The number of imidazole rings is 1. The number of nitrogens with zero attached hydrogens (tertiary/aromatic N) is 1. The Morgan fingerprint density at radius 3 is 3.07 bits per heavy atom. The highest BCUT2D eigenvalue weighted by atomic mass is 16.3. The zero-order chi connectivity index (χ0) is 10.7. The predicted octanol–water partition coefficient (Wildman–Crippen LogP) is 2.16. The van der Waals surface area contributed by atoms with Gasteiger partial charge in [0.15, 0.2) is 0 Å². The molecule has 0 saturated heterocycles. The lowest BCUT2D eigenvalue weighted by atomic mass is 10.2. The van der Waals surface area contributed by atoms with Crippen LogP contribution in [-0.2, 0) is 6.54 Å². The lowest BCUT2D eigenvalue weighted by Gasteiger charge is -2.10. The SMILES string of the molecule is Cc1ccoc1CNC(C)c1ncc[nH]1. The van der Waals surface area contributed by atoms with Gasteiger partial charge < -0.3 is 14.7 Å². The smallest absolute Gasteiger partial charge is 0.122 e. The van der Waals surface area contributed by atoms with E-state index in [2.05, 4.69) is 22.2 Å². The Balaban J connectivity index is 1.91. The molecule has 2 N–H and O–H groups in total. The number of aromatic nitrogens is 2. The maximum Gasteiger partial charge on any atom is 0.122 e. The van der Waals surface area contributed by atoms with Gasteiger partial charge in [0, 0.05) is 12.4 Å². The summed E-state index contributed by atoms with van der Waals surface area (Å²) in [6.07, 6.45) is 5.29. The third-order valence-corrected chi connectivity index (χ3v) is 2.47. The second kappa shape index (κ2) is 4.31. The molecule has 2 heterocycles. The lowest BCUT2D eigenvalue weighted by Crippen LogP contribution is -2.19. The Hall–Kier alpha value is -1.55. The van der Waals surface area contributed by atoms with Gasteiger partial charge in [-0.2, -0.15) is 0 Å². The van der Waals surface area contributed by atoms with E-state index in [1.54, 1.807) is 12.5 Å². The van der Waals surface area contributed by atoms with Crippen molar-refractivity contribution >= 4 is 0 Å². The molecule has 0 aromatic carbocycles. The summed E-state index contributed by atoms with van der Waals surface area (Å²) in [4.78, 5) is 7.27. The minimum absolute atomic E-state index is 0.199. The standard InChI is InChI=1S/C11H15N3O/c1-8-3-6-15-10(8)7-14-9(2)11-12-4-5-13-11/h3-6,9,14H,7H2,1-2H3,(H,12,13). The molecule has 0 fully saturated rings. The van der Waals surface area contributed by atoms with Gasteiger partial charge in [-0.3, -0.25) is 0 Å². The highest BCUT2D eigenvalue weighted by molar-refractivity contribution is 5.14. The fourth-order valence-electron chi connectivity index (χ4n) is 1.44. The zero-order valence-electron chi connectivity index (χ0n) is 8.95. The van der Waals surface area contributed by atoms with Gasteiger partial charge in [-0.15, -0.1) is 0 Å². The Morgan fingerprint density at radius 2 is 2.47 bits per heavy atom. The highest BCUT2D eigenvalue weighted by Crippen LogP contribution is 2.11. The number of aryl methyl sites for hydroxylation is 1. The minimum atomic E-state index is 0.199. The van der Waals surface area contributed by atoms with Gasteiger partial charge >= 0.3 is 0 Å². The summed E-state index contributed by atoms with van der Waals surface area (Å²) >= 11 is 0. The molecule has 0 bridgehead atoms. The first kappa shape index (κ1) is 9.98. The van der Waals surface area contributed by atoms with Crippen molar-refractivity contribution in [2.24, 2.45) is 0 Å². The molecule has 0 saturated carbocycles. The zero-order valence-corrected chi connectivity index (χ0v) is 8.95. The normalized spacial score (nSPS) is 12.9. The van der Waals surface area contributed by atoms with Gasteiger partial charge in [-0.1, -0.05) is 0 Å². The molecule has 0 aliphatic heterocycles. The number of furan rings is 1. The van der Waals surface area contributed by atoms with Crippen molar-refractivity contribution in [1.82, 2.24) is 15.3 Å². The summed E-state index contributed by atoms with van der Waals surface area (Å²) in [6, 6.07) is 2.17. The van der Waals surface area contributed by atoms with E-state index in [1.807, 2.05) is 19.2 Å². The number of nitrogens with one attached hydrogen (secondary N) is 2. The van der Waals surface area contributed by atoms with E-state index in [1.165, 1.54) is 5.56 Å². The molecule has 2 aromatic rings. The first-order chi connectivity index (χ1) is 7.27. The van der Waals surface area contributed by atoms with Crippen LogP contribution in [0.15, 0.2) is 29.1 Å². The summed E-state index contributed by atoms with van der Waals surface area (Å²) < 4.78 is 5.34. The van der Waals surface area contributed by atoms with Crippen molar-refractivity contribution in [3.05, 3.63) is 41.9 Å². The average Bonchev–Trinajstić information content (AvgIpc) is 2.85. The van der Waals surface area contributed by atoms with E-state index in [9.17, 15) is 0 Å². The molecule has 4 heteroatoms. The fraction of sp³-hybridized carbons (Fsp3) is 0.364. The maximum absolute atomic E-state index is 5.34. The van der Waals surface area contributed by atoms with Crippen LogP contribution in [0.25, 0.3) is 0 Å². The lowest BCUT2D eigenvalue weighted by molar-refractivity contribution is 0.452. The van der Waals surface area contributed by atoms with Crippen LogP contribution in [0.4, 0.5) is 0 Å². The summed E-state index contributed by atoms with van der Waals surface area (Å²) in [5.41, 5.74) is 1.18. The Labute approximate surface area is 88.7 Å². The molecule has 0 radical (unpaired) electrons. The molecule has 15 heavy (non-hydrogen) atoms.